The lowest BCUT2D eigenvalue weighted by atomic mass is 9.93. The molecule has 1 aliphatic carbocycles. The highest BCUT2D eigenvalue weighted by Crippen LogP contribution is 2.25. The molecule has 2 amide bonds. The highest BCUT2D eigenvalue weighted by atomic mass is 16.2. The van der Waals surface area contributed by atoms with Crippen molar-refractivity contribution in [2.75, 3.05) is 0 Å². The standard InChI is InChI=1S/C8H7NO2/c10-7-5-3-1-2-4-6(5)8(11)9-7/h1,6H,2,4H2,(H,9,10,11). The minimum Gasteiger partial charge on any atom is -0.291 e. The minimum atomic E-state index is -0.268. The van der Waals surface area contributed by atoms with Gasteiger partial charge in [-0.05, 0) is 18.9 Å². The Hall–Kier alpha value is -1.34. The van der Waals surface area contributed by atoms with Crippen LogP contribution in [0.15, 0.2) is 17.4 Å². The lowest BCUT2D eigenvalue weighted by molar-refractivity contribution is -0.125. The molecule has 1 aliphatic heterocycles. The molecule has 2 rings (SSSR count). The van der Waals surface area contributed by atoms with Crippen molar-refractivity contribution in [2.45, 2.75) is 12.8 Å². The van der Waals surface area contributed by atoms with Gasteiger partial charge in [-0.2, -0.15) is 0 Å². The molecular weight excluding hydrogens is 142 g/mol. The van der Waals surface area contributed by atoms with Crippen LogP contribution in [0.25, 0.3) is 0 Å². The highest BCUT2D eigenvalue weighted by molar-refractivity contribution is 6.14. The summed E-state index contributed by atoms with van der Waals surface area (Å²) < 4.78 is 0. The van der Waals surface area contributed by atoms with Gasteiger partial charge in [-0.3, -0.25) is 14.9 Å². The van der Waals surface area contributed by atoms with Crippen LogP contribution >= 0.6 is 0 Å². The molecule has 1 heterocycles. The number of hydrogen-bond acceptors (Lipinski definition) is 2. The third-order valence-electron chi connectivity index (χ3n) is 2.00. The monoisotopic (exact) mass is 149 g/mol. The topological polar surface area (TPSA) is 46.2 Å². The molecule has 56 valence electrons. The molecule has 0 bridgehead atoms. The molecule has 0 aromatic carbocycles. The summed E-state index contributed by atoms with van der Waals surface area (Å²) in [5.41, 5.74) is 3.34. The maximum absolute atomic E-state index is 11.0. The summed E-state index contributed by atoms with van der Waals surface area (Å²) in [6.07, 6.45) is 3.40. The maximum atomic E-state index is 11.0. The van der Waals surface area contributed by atoms with Crippen molar-refractivity contribution < 1.29 is 9.59 Å². The molecule has 1 unspecified atom stereocenters. The molecule has 3 heteroatoms. The SMILES string of the molecule is O=C1NC(=O)C2CCC=C=C12. The van der Waals surface area contributed by atoms with Gasteiger partial charge in [0, 0.05) is 0 Å². The van der Waals surface area contributed by atoms with E-state index in [0.717, 1.165) is 12.8 Å². The first kappa shape index (κ1) is 6.38. The van der Waals surface area contributed by atoms with E-state index in [1.54, 1.807) is 0 Å². The fourth-order valence-electron chi connectivity index (χ4n) is 1.43. The number of carbonyl (C=O) groups excluding carboxylic acids is 2. The Kier molecular flexibility index (Phi) is 1.20. The minimum absolute atomic E-state index is 0.161. The zero-order chi connectivity index (χ0) is 7.84. The van der Waals surface area contributed by atoms with Crippen molar-refractivity contribution in [1.29, 1.82) is 0 Å². The molecule has 1 N–H and O–H groups in total. The van der Waals surface area contributed by atoms with Crippen LogP contribution in [0.2, 0.25) is 0 Å². The van der Waals surface area contributed by atoms with Crippen molar-refractivity contribution >= 4 is 11.8 Å². The van der Waals surface area contributed by atoms with Crippen LogP contribution in [0.1, 0.15) is 12.8 Å². The summed E-state index contributed by atoms with van der Waals surface area (Å²) in [4.78, 5) is 22.0. The number of amides is 2. The molecule has 1 fully saturated rings. The van der Waals surface area contributed by atoms with E-state index >= 15 is 0 Å². The third kappa shape index (κ3) is 0.819. The molecule has 11 heavy (non-hydrogen) atoms. The Labute approximate surface area is 63.8 Å². The number of imide groups is 1. The van der Waals surface area contributed by atoms with E-state index in [9.17, 15) is 9.59 Å². The summed E-state index contributed by atoms with van der Waals surface area (Å²) in [5, 5.41) is 2.26. The van der Waals surface area contributed by atoms with E-state index in [1.165, 1.54) is 0 Å². The molecule has 0 radical (unpaired) electrons. The normalized spacial score (nSPS) is 28.0. The van der Waals surface area contributed by atoms with Crippen LogP contribution < -0.4 is 5.32 Å². The van der Waals surface area contributed by atoms with E-state index in [4.69, 9.17) is 0 Å². The summed E-state index contributed by atoms with van der Waals surface area (Å²) in [7, 11) is 0. The van der Waals surface area contributed by atoms with Crippen molar-refractivity contribution in [1.82, 2.24) is 5.32 Å². The van der Waals surface area contributed by atoms with E-state index in [2.05, 4.69) is 11.0 Å². The maximum Gasteiger partial charge on any atom is 0.262 e. The second-order valence-electron chi connectivity index (χ2n) is 2.71. The summed E-state index contributed by atoms with van der Waals surface area (Å²) >= 11 is 0. The predicted molar refractivity (Wildman–Crippen MR) is 37.5 cm³/mol. The Bertz CT molecular complexity index is 297. The molecule has 2 aliphatic rings. The van der Waals surface area contributed by atoms with Gasteiger partial charge in [0.2, 0.25) is 5.91 Å². The van der Waals surface area contributed by atoms with Gasteiger partial charge in [-0.25, -0.2) is 0 Å². The molecule has 0 spiro atoms. The van der Waals surface area contributed by atoms with Gasteiger partial charge >= 0.3 is 0 Å². The fraction of sp³-hybridized carbons (Fsp3) is 0.375. The lowest BCUT2D eigenvalue weighted by Crippen LogP contribution is -2.21. The molecular formula is C8H7NO2. The molecule has 0 aromatic rings. The average Bonchev–Trinajstić information content (AvgIpc) is 2.30. The number of carbonyl (C=O) groups is 2. The molecule has 0 saturated carbocycles. The van der Waals surface area contributed by atoms with Gasteiger partial charge in [0.15, 0.2) is 0 Å². The van der Waals surface area contributed by atoms with Crippen molar-refractivity contribution in [3.8, 4) is 0 Å². The smallest absolute Gasteiger partial charge is 0.262 e. The van der Waals surface area contributed by atoms with E-state index < -0.39 is 0 Å². The largest absolute Gasteiger partial charge is 0.291 e. The van der Waals surface area contributed by atoms with Gasteiger partial charge < -0.3 is 0 Å². The zero-order valence-corrected chi connectivity index (χ0v) is 5.89. The van der Waals surface area contributed by atoms with Crippen molar-refractivity contribution in [2.24, 2.45) is 5.92 Å². The van der Waals surface area contributed by atoms with Gasteiger partial charge in [0.1, 0.15) is 0 Å². The van der Waals surface area contributed by atoms with Gasteiger partial charge in [-0.15, -0.1) is 5.73 Å². The van der Waals surface area contributed by atoms with Crippen LogP contribution in [0.5, 0.6) is 0 Å². The lowest BCUT2D eigenvalue weighted by Gasteiger charge is -2.06. The first-order chi connectivity index (χ1) is 5.29. The van der Waals surface area contributed by atoms with E-state index in [0.29, 0.717) is 5.57 Å². The second-order valence-corrected chi connectivity index (χ2v) is 2.71. The Morgan fingerprint density at radius 1 is 1.55 bits per heavy atom. The summed E-state index contributed by atoms with van der Waals surface area (Å²) in [6, 6.07) is 0. The van der Waals surface area contributed by atoms with Crippen molar-refractivity contribution in [3.63, 3.8) is 0 Å². The van der Waals surface area contributed by atoms with Gasteiger partial charge in [0.05, 0.1) is 11.5 Å². The van der Waals surface area contributed by atoms with E-state index in [-0.39, 0.29) is 17.7 Å². The summed E-state index contributed by atoms with van der Waals surface area (Å²) in [5.74, 6) is -0.644. The fourth-order valence-corrected chi connectivity index (χ4v) is 1.43. The van der Waals surface area contributed by atoms with E-state index in [1.807, 2.05) is 6.08 Å². The zero-order valence-electron chi connectivity index (χ0n) is 5.89. The Morgan fingerprint density at radius 2 is 2.36 bits per heavy atom. The van der Waals surface area contributed by atoms with Gasteiger partial charge in [0.25, 0.3) is 5.91 Å². The molecule has 1 atom stereocenters. The van der Waals surface area contributed by atoms with Crippen LogP contribution in [-0.2, 0) is 9.59 Å². The summed E-state index contributed by atoms with van der Waals surface area (Å²) in [6.45, 7) is 0. The number of nitrogens with one attached hydrogen (secondary N) is 1. The quantitative estimate of drug-likeness (QED) is 0.393. The average molecular weight is 149 g/mol. The van der Waals surface area contributed by atoms with Crippen LogP contribution in [0.4, 0.5) is 0 Å². The highest BCUT2D eigenvalue weighted by Gasteiger charge is 2.36. The Balaban J connectivity index is 2.49. The number of hydrogen-bond donors (Lipinski definition) is 1. The molecule has 1 saturated heterocycles. The first-order valence-electron chi connectivity index (χ1n) is 3.59. The predicted octanol–water partition coefficient (Wildman–Crippen LogP) is 0.134. The van der Waals surface area contributed by atoms with Crippen molar-refractivity contribution in [3.05, 3.63) is 17.4 Å². The van der Waals surface area contributed by atoms with Crippen LogP contribution in [-0.4, -0.2) is 11.8 Å². The Morgan fingerprint density at radius 3 is 3.09 bits per heavy atom. The van der Waals surface area contributed by atoms with Gasteiger partial charge in [-0.1, -0.05) is 0 Å². The second kappa shape index (κ2) is 2.07. The van der Waals surface area contributed by atoms with Crippen LogP contribution in [0.3, 0.4) is 0 Å². The third-order valence-corrected chi connectivity index (χ3v) is 2.00. The first-order valence-corrected chi connectivity index (χ1v) is 3.59. The number of fused-ring (bicyclic) bond motifs is 1. The van der Waals surface area contributed by atoms with Crippen LogP contribution in [0, 0.1) is 5.92 Å². The molecule has 0 aromatic heterocycles. The molecule has 3 nitrogen and oxygen atoms in total. The number of rotatable bonds is 0.